The summed E-state index contributed by atoms with van der Waals surface area (Å²) in [7, 11) is 1.96. The van der Waals surface area contributed by atoms with Gasteiger partial charge in [0.1, 0.15) is 24.2 Å². The van der Waals surface area contributed by atoms with Crippen LogP contribution in [-0.2, 0) is 16.1 Å². The van der Waals surface area contributed by atoms with Gasteiger partial charge in [-0.3, -0.25) is 9.69 Å². The van der Waals surface area contributed by atoms with Gasteiger partial charge < -0.3 is 24.2 Å². The number of hydrogen-bond acceptors (Lipinski definition) is 6. The highest BCUT2D eigenvalue weighted by molar-refractivity contribution is 5.77. The summed E-state index contributed by atoms with van der Waals surface area (Å²) in [5.74, 6) is 1.40. The molecule has 1 fully saturated rings. The molecule has 1 aliphatic rings. The van der Waals surface area contributed by atoms with Crippen molar-refractivity contribution < 1.29 is 24.1 Å². The van der Waals surface area contributed by atoms with Gasteiger partial charge in [-0.2, -0.15) is 0 Å². The van der Waals surface area contributed by atoms with E-state index < -0.39 is 6.10 Å². The number of ether oxygens (including phenoxy) is 3. The monoisotopic (exact) mass is 414 g/mol. The molecule has 1 N–H and O–H groups in total. The number of aliphatic hydroxyl groups excluding tert-OH is 1. The number of para-hydroxylation sites is 1. The molecule has 0 aromatic heterocycles. The fraction of sp³-hybridized carbons (Fsp3) is 0.435. The Hall–Kier alpha value is -2.61. The second-order valence-corrected chi connectivity index (χ2v) is 7.40. The van der Waals surface area contributed by atoms with Crippen molar-refractivity contribution in [2.75, 3.05) is 53.1 Å². The van der Waals surface area contributed by atoms with Gasteiger partial charge in [0, 0.05) is 26.2 Å². The topological polar surface area (TPSA) is 71.5 Å². The predicted molar refractivity (Wildman–Crippen MR) is 114 cm³/mol. The molecule has 2 aromatic rings. The van der Waals surface area contributed by atoms with Crippen molar-refractivity contribution in [2.45, 2.75) is 12.6 Å². The van der Waals surface area contributed by atoms with Crippen molar-refractivity contribution in [3.63, 3.8) is 0 Å². The van der Waals surface area contributed by atoms with Crippen molar-refractivity contribution >= 4 is 5.91 Å². The Morgan fingerprint density at radius 3 is 2.43 bits per heavy atom. The van der Waals surface area contributed by atoms with Crippen molar-refractivity contribution in [3.8, 4) is 11.5 Å². The molecule has 0 bridgehead atoms. The van der Waals surface area contributed by atoms with E-state index in [1.807, 2.05) is 66.5 Å². The van der Waals surface area contributed by atoms with Crippen LogP contribution in [0.5, 0.6) is 11.5 Å². The minimum absolute atomic E-state index is 0.0196. The van der Waals surface area contributed by atoms with Crippen LogP contribution in [0.15, 0.2) is 54.6 Å². The number of nitrogens with zero attached hydrogens (tertiary/aromatic N) is 2. The summed E-state index contributed by atoms with van der Waals surface area (Å²) >= 11 is 0. The highest BCUT2D eigenvalue weighted by Crippen LogP contribution is 2.14. The van der Waals surface area contributed by atoms with Crippen LogP contribution in [0.3, 0.4) is 0 Å². The van der Waals surface area contributed by atoms with E-state index in [1.54, 1.807) is 4.90 Å². The van der Waals surface area contributed by atoms with Gasteiger partial charge in [-0.05, 0) is 36.9 Å². The second-order valence-electron chi connectivity index (χ2n) is 7.40. The number of carbonyl (C=O) groups excluding carboxylic acids is 1. The van der Waals surface area contributed by atoms with Gasteiger partial charge in [0.05, 0.1) is 13.2 Å². The maximum absolute atomic E-state index is 12.1. The zero-order chi connectivity index (χ0) is 21.2. The Morgan fingerprint density at radius 2 is 1.73 bits per heavy atom. The van der Waals surface area contributed by atoms with Crippen LogP contribution < -0.4 is 9.47 Å². The first-order valence-corrected chi connectivity index (χ1v) is 10.2. The Morgan fingerprint density at radius 1 is 1.07 bits per heavy atom. The average Bonchev–Trinajstić information content (AvgIpc) is 2.78. The Kier molecular flexibility index (Phi) is 8.50. The van der Waals surface area contributed by atoms with E-state index in [-0.39, 0.29) is 19.1 Å². The first kappa shape index (κ1) is 22.1. The maximum atomic E-state index is 12.1. The Labute approximate surface area is 177 Å². The minimum Gasteiger partial charge on any atom is -0.491 e. The number of amides is 1. The SMILES string of the molecule is CN(Cc1ccc(OCC(=O)N2CCOCC2)cc1)CC(O)COc1ccccc1. The first-order valence-electron chi connectivity index (χ1n) is 10.2. The first-order chi connectivity index (χ1) is 14.6. The highest BCUT2D eigenvalue weighted by Gasteiger charge is 2.17. The molecule has 2 aromatic carbocycles. The molecule has 1 atom stereocenters. The number of hydrogen-bond donors (Lipinski definition) is 1. The Balaban J connectivity index is 1.37. The van der Waals surface area contributed by atoms with Crippen molar-refractivity contribution in [1.29, 1.82) is 0 Å². The molecule has 30 heavy (non-hydrogen) atoms. The standard InChI is InChI=1S/C23H30N2O5/c1-24(16-20(26)17-29-21-5-3-2-4-6-21)15-19-7-9-22(10-8-19)30-18-23(27)25-11-13-28-14-12-25/h2-10,20,26H,11-18H2,1H3. The molecule has 0 aliphatic carbocycles. The molecular weight excluding hydrogens is 384 g/mol. The highest BCUT2D eigenvalue weighted by atomic mass is 16.5. The fourth-order valence-corrected chi connectivity index (χ4v) is 3.24. The van der Waals surface area contributed by atoms with Gasteiger partial charge in [0.25, 0.3) is 5.91 Å². The fourth-order valence-electron chi connectivity index (χ4n) is 3.24. The molecular formula is C23H30N2O5. The molecule has 1 aliphatic heterocycles. The molecule has 7 heteroatoms. The number of carbonyl (C=O) groups is 1. The zero-order valence-corrected chi connectivity index (χ0v) is 17.4. The normalized spacial score (nSPS) is 15.1. The number of morpholine rings is 1. The molecule has 1 amide bonds. The Bertz CT molecular complexity index is 763. The van der Waals surface area contributed by atoms with Crippen LogP contribution in [0, 0.1) is 0 Å². The molecule has 0 radical (unpaired) electrons. The number of rotatable bonds is 10. The summed E-state index contributed by atoms with van der Waals surface area (Å²) in [6, 6.07) is 17.1. The minimum atomic E-state index is -0.580. The van der Waals surface area contributed by atoms with Crippen molar-refractivity contribution in [1.82, 2.24) is 9.80 Å². The smallest absolute Gasteiger partial charge is 0.260 e. The largest absolute Gasteiger partial charge is 0.491 e. The lowest BCUT2D eigenvalue weighted by atomic mass is 10.2. The van der Waals surface area contributed by atoms with Gasteiger partial charge in [-0.1, -0.05) is 30.3 Å². The van der Waals surface area contributed by atoms with Crippen LogP contribution in [0.1, 0.15) is 5.56 Å². The molecule has 7 nitrogen and oxygen atoms in total. The summed E-state index contributed by atoms with van der Waals surface area (Å²) in [5, 5.41) is 10.2. The molecule has 0 saturated carbocycles. The van der Waals surface area contributed by atoms with Crippen molar-refractivity contribution in [2.24, 2.45) is 0 Å². The van der Waals surface area contributed by atoms with Crippen LogP contribution in [0.4, 0.5) is 0 Å². The van der Waals surface area contributed by atoms with E-state index in [2.05, 4.69) is 0 Å². The second kappa shape index (κ2) is 11.5. The van der Waals surface area contributed by atoms with Gasteiger partial charge in [0.2, 0.25) is 0 Å². The van der Waals surface area contributed by atoms with Crippen LogP contribution in [0.25, 0.3) is 0 Å². The van der Waals surface area contributed by atoms with Gasteiger partial charge >= 0.3 is 0 Å². The lowest BCUT2D eigenvalue weighted by molar-refractivity contribution is -0.137. The zero-order valence-electron chi connectivity index (χ0n) is 17.4. The van der Waals surface area contributed by atoms with Crippen LogP contribution in [0.2, 0.25) is 0 Å². The predicted octanol–water partition coefficient (Wildman–Crippen LogP) is 1.80. The number of aliphatic hydroxyl groups is 1. The van der Waals surface area contributed by atoms with E-state index >= 15 is 0 Å². The third-order valence-electron chi connectivity index (χ3n) is 4.81. The molecule has 1 unspecified atom stereocenters. The summed E-state index contributed by atoms with van der Waals surface area (Å²) in [5.41, 5.74) is 1.10. The molecule has 3 rings (SSSR count). The average molecular weight is 415 g/mol. The van der Waals surface area contributed by atoms with Crippen molar-refractivity contribution in [3.05, 3.63) is 60.2 Å². The molecule has 162 valence electrons. The number of likely N-dealkylation sites (N-methyl/N-ethyl adjacent to an activating group) is 1. The third-order valence-corrected chi connectivity index (χ3v) is 4.81. The summed E-state index contributed by atoms with van der Waals surface area (Å²) < 4.78 is 16.5. The van der Waals surface area contributed by atoms with Crippen LogP contribution >= 0.6 is 0 Å². The van der Waals surface area contributed by atoms with E-state index in [0.717, 1.165) is 11.3 Å². The van der Waals surface area contributed by atoms with Crippen LogP contribution in [-0.4, -0.2) is 80.0 Å². The lowest BCUT2D eigenvalue weighted by Crippen LogP contribution is -2.42. The number of benzene rings is 2. The third kappa shape index (κ3) is 7.33. The van der Waals surface area contributed by atoms with E-state index in [1.165, 1.54) is 0 Å². The molecule has 1 heterocycles. The van der Waals surface area contributed by atoms with Gasteiger partial charge in [-0.15, -0.1) is 0 Å². The van der Waals surface area contributed by atoms with E-state index in [9.17, 15) is 9.90 Å². The van der Waals surface area contributed by atoms with Gasteiger partial charge in [0.15, 0.2) is 6.61 Å². The van der Waals surface area contributed by atoms with Gasteiger partial charge in [-0.25, -0.2) is 0 Å². The summed E-state index contributed by atoms with van der Waals surface area (Å²) in [6.07, 6.45) is -0.580. The quantitative estimate of drug-likeness (QED) is 0.639. The summed E-state index contributed by atoms with van der Waals surface area (Å²) in [4.78, 5) is 15.9. The summed E-state index contributed by atoms with van der Waals surface area (Å²) in [6.45, 7) is 3.88. The molecule has 0 spiro atoms. The molecule has 1 saturated heterocycles. The van der Waals surface area contributed by atoms with E-state index in [4.69, 9.17) is 14.2 Å². The van der Waals surface area contributed by atoms with E-state index in [0.29, 0.717) is 45.1 Å². The lowest BCUT2D eigenvalue weighted by Gasteiger charge is -2.26. The maximum Gasteiger partial charge on any atom is 0.260 e.